The number of fused-ring (bicyclic) bond motifs is 1. The summed E-state index contributed by atoms with van der Waals surface area (Å²) in [5, 5.41) is 3.53. The Balaban J connectivity index is 1.39. The summed E-state index contributed by atoms with van der Waals surface area (Å²) in [6.07, 6.45) is 1.81. The molecule has 0 unspecified atom stereocenters. The minimum Gasteiger partial charge on any atom is -0.378 e. The predicted molar refractivity (Wildman–Crippen MR) is 157 cm³/mol. The van der Waals surface area contributed by atoms with Gasteiger partial charge in [-0.05, 0) is 61.3 Å². The normalized spacial score (nSPS) is 15.9. The van der Waals surface area contributed by atoms with E-state index >= 15 is 0 Å². The molecule has 0 saturated carbocycles. The number of benzene rings is 2. The van der Waals surface area contributed by atoms with E-state index in [0.717, 1.165) is 42.9 Å². The molecule has 1 fully saturated rings. The molecule has 0 atom stereocenters. The smallest absolute Gasteiger partial charge is 0.264 e. The van der Waals surface area contributed by atoms with E-state index < -0.39 is 10.0 Å². The fourth-order valence-electron chi connectivity index (χ4n) is 5.09. The maximum atomic E-state index is 13.7. The number of hydrogen-bond acceptors (Lipinski definition) is 7. The Morgan fingerprint density at radius 1 is 1.02 bits per heavy atom. The average Bonchev–Trinajstić information content (AvgIpc) is 3.34. The standard InChI is InChI=1S/C29H34N4O5S2/c1-3-14-32-15-13-24-25(20-32)39-28(26(24)29(35)33-16-18-38-19-17-33)30-27(34)21-9-11-23(12-10-21)40(36,37)31(2)22-7-5-4-6-8-22/h4-12H,3,13-20H2,1-2H3,(H,30,34). The fourth-order valence-corrected chi connectivity index (χ4v) is 7.56. The number of amides is 2. The first-order valence-electron chi connectivity index (χ1n) is 13.5. The van der Waals surface area contributed by atoms with Crippen molar-refractivity contribution in [3.05, 3.63) is 76.2 Å². The maximum absolute atomic E-state index is 13.7. The zero-order valence-corrected chi connectivity index (χ0v) is 24.4. The first-order chi connectivity index (χ1) is 19.3. The molecule has 1 saturated heterocycles. The van der Waals surface area contributed by atoms with E-state index in [4.69, 9.17) is 4.74 Å². The molecule has 2 aliphatic heterocycles. The lowest BCUT2D eigenvalue weighted by atomic mass is 10.0. The number of hydrogen-bond donors (Lipinski definition) is 1. The van der Waals surface area contributed by atoms with Gasteiger partial charge in [-0.25, -0.2) is 8.42 Å². The molecule has 0 bridgehead atoms. The quantitative estimate of drug-likeness (QED) is 0.430. The number of nitrogens with zero attached hydrogens (tertiary/aromatic N) is 3. The molecule has 9 nitrogen and oxygen atoms in total. The Hall–Kier alpha value is -3.25. The number of nitrogens with one attached hydrogen (secondary N) is 1. The van der Waals surface area contributed by atoms with E-state index in [0.29, 0.717) is 48.1 Å². The average molecular weight is 583 g/mol. The lowest BCUT2D eigenvalue weighted by Gasteiger charge is -2.29. The highest BCUT2D eigenvalue weighted by Gasteiger charge is 2.32. The van der Waals surface area contributed by atoms with Crippen molar-refractivity contribution in [2.24, 2.45) is 0 Å². The van der Waals surface area contributed by atoms with Gasteiger partial charge in [0.25, 0.3) is 21.8 Å². The number of carbonyl (C=O) groups is 2. The third-order valence-electron chi connectivity index (χ3n) is 7.31. The zero-order valence-electron chi connectivity index (χ0n) is 22.8. The van der Waals surface area contributed by atoms with Gasteiger partial charge in [0.05, 0.1) is 29.4 Å². The summed E-state index contributed by atoms with van der Waals surface area (Å²) in [4.78, 5) is 32.4. The van der Waals surface area contributed by atoms with Crippen molar-refractivity contribution in [1.82, 2.24) is 9.80 Å². The van der Waals surface area contributed by atoms with Gasteiger partial charge >= 0.3 is 0 Å². The molecule has 0 spiro atoms. The highest BCUT2D eigenvalue weighted by molar-refractivity contribution is 7.92. The molecule has 2 aromatic carbocycles. The van der Waals surface area contributed by atoms with Gasteiger partial charge in [0.1, 0.15) is 5.00 Å². The molecular weight excluding hydrogens is 548 g/mol. The molecule has 40 heavy (non-hydrogen) atoms. The Morgan fingerprint density at radius 2 is 1.73 bits per heavy atom. The highest BCUT2D eigenvalue weighted by Crippen LogP contribution is 2.38. The number of thiophene rings is 1. The number of sulfonamides is 1. The van der Waals surface area contributed by atoms with E-state index in [9.17, 15) is 18.0 Å². The number of morpholine rings is 1. The fraction of sp³-hybridized carbons (Fsp3) is 0.379. The van der Waals surface area contributed by atoms with Gasteiger partial charge in [-0.1, -0.05) is 25.1 Å². The van der Waals surface area contributed by atoms with E-state index in [1.165, 1.54) is 47.0 Å². The van der Waals surface area contributed by atoms with E-state index in [1.54, 1.807) is 29.2 Å². The number of rotatable bonds is 8. The van der Waals surface area contributed by atoms with Crippen LogP contribution in [-0.4, -0.2) is 76.5 Å². The Labute approximate surface area is 239 Å². The molecule has 2 aliphatic rings. The van der Waals surface area contributed by atoms with Gasteiger partial charge in [0, 0.05) is 43.7 Å². The Bertz CT molecular complexity index is 1470. The summed E-state index contributed by atoms with van der Waals surface area (Å²) in [5.41, 5.74) is 2.45. The van der Waals surface area contributed by atoms with Crippen LogP contribution in [0.5, 0.6) is 0 Å². The van der Waals surface area contributed by atoms with Crippen molar-refractivity contribution in [2.75, 3.05) is 56.1 Å². The van der Waals surface area contributed by atoms with Crippen LogP contribution in [0.1, 0.15) is 44.5 Å². The summed E-state index contributed by atoms with van der Waals surface area (Å²) in [6, 6.07) is 14.7. The van der Waals surface area contributed by atoms with Crippen LogP contribution in [0.4, 0.5) is 10.7 Å². The number of carbonyl (C=O) groups excluding carboxylic acids is 2. The second-order valence-corrected chi connectivity index (χ2v) is 13.0. The number of para-hydroxylation sites is 1. The van der Waals surface area contributed by atoms with Crippen LogP contribution >= 0.6 is 11.3 Å². The molecule has 1 aromatic heterocycles. The summed E-state index contributed by atoms with van der Waals surface area (Å²) >= 11 is 1.46. The second kappa shape index (κ2) is 12.1. The SMILES string of the molecule is CCCN1CCc2c(sc(NC(=O)c3ccc(S(=O)(=O)N(C)c4ccccc4)cc3)c2C(=O)N2CCOCC2)C1. The first kappa shape index (κ1) is 28.3. The minimum atomic E-state index is -3.80. The van der Waals surface area contributed by atoms with Gasteiger partial charge in [-0.3, -0.25) is 18.8 Å². The maximum Gasteiger partial charge on any atom is 0.264 e. The van der Waals surface area contributed by atoms with Crippen molar-refractivity contribution < 1.29 is 22.7 Å². The van der Waals surface area contributed by atoms with Crippen molar-refractivity contribution >= 4 is 43.9 Å². The highest BCUT2D eigenvalue weighted by atomic mass is 32.2. The van der Waals surface area contributed by atoms with Crippen LogP contribution in [0.3, 0.4) is 0 Å². The number of anilines is 2. The minimum absolute atomic E-state index is 0.0783. The van der Waals surface area contributed by atoms with E-state index in [2.05, 4.69) is 17.1 Å². The molecule has 2 amide bonds. The first-order valence-corrected chi connectivity index (χ1v) is 15.7. The zero-order chi connectivity index (χ0) is 28.3. The number of ether oxygens (including phenoxy) is 1. The molecule has 1 N–H and O–H groups in total. The molecule has 11 heteroatoms. The molecule has 3 heterocycles. The Morgan fingerprint density at radius 3 is 2.40 bits per heavy atom. The van der Waals surface area contributed by atoms with E-state index in [-0.39, 0.29) is 16.7 Å². The van der Waals surface area contributed by atoms with Gasteiger partial charge in [0.2, 0.25) is 0 Å². The lowest BCUT2D eigenvalue weighted by Crippen LogP contribution is -2.41. The van der Waals surface area contributed by atoms with Crippen LogP contribution in [0.25, 0.3) is 0 Å². The monoisotopic (exact) mass is 582 g/mol. The van der Waals surface area contributed by atoms with Crippen molar-refractivity contribution in [1.29, 1.82) is 0 Å². The van der Waals surface area contributed by atoms with Gasteiger partial charge in [0.15, 0.2) is 0 Å². The molecule has 3 aromatic rings. The van der Waals surface area contributed by atoms with Gasteiger partial charge in [-0.2, -0.15) is 0 Å². The third kappa shape index (κ3) is 5.78. The molecular formula is C29H34N4O5S2. The van der Waals surface area contributed by atoms with Crippen LogP contribution in [0.2, 0.25) is 0 Å². The third-order valence-corrected chi connectivity index (χ3v) is 10.2. The van der Waals surface area contributed by atoms with Crippen LogP contribution < -0.4 is 9.62 Å². The van der Waals surface area contributed by atoms with Crippen molar-refractivity contribution in [2.45, 2.75) is 31.2 Å². The molecule has 0 radical (unpaired) electrons. The van der Waals surface area contributed by atoms with E-state index in [1.807, 2.05) is 6.07 Å². The molecule has 5 rings (SSSR count). The van der Waals surface area contributed by atoms with Crippen LogP contribution in [-0.2, 0) is 27.7 Å². The Kier molecular flexibility index (Phi) is 8.55. The van der Waals surface area contributed by atoms with Crippen molar-refractivity contribution in [3.63, 3.8) is 0 Å². The summed E-state index contributed by atoms with van der Waals surface area (Å²) < 4.78 is 32.9. The van der Waals surface area contributed by atoms with Crippen LogP contribution in [0, 0.1) is 0 Å². The van der Waals surface area contributed by atoms with Gasteiger partial charge in [-0.15, -0.1) is 11.3 Å². The summed E-state index contributed by atoms with van der Waals surface area (Å²) in [6.45, 7) is 6.81. The molecule has 212 valence electrons. The topological polar surface area (TPSA) is 99.3 Å². The molecule has 0 aliphatic carbocycles. The summed E-state index contributed by atoms with van der Waals surface area (Å²) in [5.74, 6) is -0.467. The largest absolute Gasteiger partial charge is 0.378 e. The van der Waals surface area contributed by atoms with Crippen molar-refractivity contribution in [3.8, 4) is 0 Å². The lowest BCUT2D eigenvalue weighted by molar-refractivity contribution is 0.0302. The second-order valence-electron chi connectivity index (χ2n) is 9.93. The van der Waals surface area contributed by atoms with Crippen LogP contribution in [0.15, 0.2) is 59.5 Å². The van der Waals surface area contributed by atoms with Gasteiger partial charge < -0.3 is 15.0 Å². The predicted octanol–water partition coefficient (Wildman–Crippen LogP) is 4.07. The summed E-state index contributed by atoms with van der Waals surface area (Å²) in [7, 11) is -2.30.